The van der Waals surface area contributed by atoms with Gasteiger partial charge in [-0.15, -0.1) is 0 Å². The molecule has 0 bridgehead atoms. The van der Waals surface area contributed by atoms with E-state index >= 15 is 0 Å². The lowest BCUT2D eigenvalue weighted by Crippen LogP contribution is -2.37. The highest BCUT2D eigenvalue weighted by Crippen LogP contribution is 2.15. The summed E-state index contributed by atoms with van der Waals surface area (Å²) in [5, 5.41) is 3.54. The van der Waals surface area contributed by atoms with E-state index in [0.29, 0.717) is 16.9 Å². The van der Waals surface area contributed by atoms with Gasteiger partial charge in [0, 0.05) is 17.3 Å². The average molecular weight is 365 g/mol. The molecule has 0 spiro atoms. The summed E-state index contributed by atoms with van der Waals surface area (Å²) in [6.07, 6.45) is 0. The zero-order valence-corrected chi connectivity index (χ0v) is 13.9. The average Bonchev–Trinajstić information content (AvgIpc) is 2.67. The van der Waals surface area contributed by atoms with E-state index in [1.807, 2.05) is 11.1 Å². The lowest BCUT2D eigenvalue weighted by atomic mass is 10.1. The molecule has 0 aliphatic heterocycles. The number of rotatable bonds is 4. The number of carbonyl (C=O) groups excluding carboxylic acids is 2. The molecule has 9 heteroatoms. The number of hydrazine groups is 1. The largest absolute Gasteiger partial charge is 0.326 e. The van der Waals surface area contributed by atoms with Crippen molar-refractivity contribution in [1.29, 1.82) is 0 Å². The highest BCUT2D eigenvalue weighted by molar-refractivity contribution is 6.06. The third-order valence-electron chi connectivity index (χ3n) is 3.65. The number of nitrogens with one attached hydrogen (secondary N) is 3. The van der Waals surface area contributed by atoms with Gasteiger partial charge in [-0.05, 0) is 36.4 Å². The second-order valence-corrected chi connectivity index (χ2v) is 5.54. The summed E-state index contributed by atoms with van der Waals surface area (Å²) in [5.41, 5.74) is -0.407. The van der Waals surface area contributed by atoms with Gasteiger partial charge in [0.1, 0.15) is 5.69 Å². The minimum Gasteiger partial charge on any atom is -0.321 e. The number of hydrogen-bond acceptors (Lipinski definition) is 5. The fourth-order valence-electron chi connectivity index (χ4n) is 2.33. The van der Waals surface area contributed by atoms with Crippen molar-refractivity contribution in [3.8, 4) is 0 Å². The molecule has 2 aromatic carbocycles. The summed E-state index contributed by atoms with van der Waals surface area (Å²) in [7, 11) is 0. The molecule has 2 amide bonds. The number of carbonyl (C=O) groups is 2. The third kappa shape index (κ3) is 4.17. The van der Waals surface area contributed by atoms with Crippen LogP contribution in [0.2, 0.25) is 0 Å². The predicted octanol–water partition coefficient (Wildman–Crippen LogP) is 0.836. The number of nitrogens with zero attached hydrogens (tertiary/aromatic N) is 1. The van der Waals surface area contributed by atoms with Crippen LogP contribution in [-0.2, 0) is 0 Å². The molecule has 0 aliphatic carbocycles. The van der Waals surface area contributed by atoms with Gasteiger partial charge in [0.15, 0.2) is 0 Å². The molecule has 0 aliphatic rings. The summed E-state index contributed by atoms with van der Waals surface area (Å²) in [5.74, 6) is 4.76. The molecule has 136 valence electrons. The van der Waals surface area contributed by atoms with Gasteiger partial charge in [-0.2, -0.15) is 0 Å². The van der Waals surface area contributed by atoms with Crippen molar-refractivity contribution in [2.75, 3.05) is 10.3 Å². The Morgan fingerprint density at radius 1 is 0.926 bits per heavy atom. The van der Waals surface area contributed by atoms with Gasteiger partial charge in [-0.1, -0.05) is 18.2 Å². The highest BCUT2D eigenvalue weighted by atomic mass is 16.2. The molecule has 0 unspecified atom stereocenters. The first-order valence-electron chi connectivity index (χ1n) is 7.83. The zero-order chi connectivity index (χ0) is 19.4. The van der Waals surface area contributed by atoms with E-state index in [0.717, 1.165) is 11.1 Å². The molecule has 0 radical (unpaired) electrons. The SMILES string of the molecule is NN(C(=O)c1ccc(NC(=O)c2cc(=O)[nH]c(=O)[nH]2)cc1)c1ccccc1. The number of anilines is 2. The minimum atomic E-state index is -0.780. The minimum absolute atomic E-state index is 0.180. The van der Waals surface area contributed by atoms with Crippen molar-refractivity contribution < 1.29 is 9.59 Å². The number of benzene rings is 2. The van der Waals surface area contributed by atoms with Crippen molar-refractivity contribution in [2.24, 2.45) is 5.84 Å². The molecule has 0 fully saturated rings. The summed E-state index contributed by atoms with van der Waals surface area (Å²) in [4.78, 5) is 51.2. The van der Waals surface area contributed by atoms with Gasteiger partial charge in [0.25, 0.3) is 17.4 Å². The Morgan fingerprint density at radius 2 is 1.59 bits per heavy atom. The standard InChI is InChI=1S/C18H15N5O4/c19-23(13-4-2-1-3-5-13)17(26)11-6-8-12(9-7-11)20-16(25)14-10-15(24)22-18(27)21-14/h1-10H,19H2,(H,20,25)(H2,21,22,24,27). The Morgan fingerprint density at radius 3 is 2.22 bits per heavy atom. The van der Waals surface area contributed by atoms with Crippen LogP contribution in [0.3, 0.4) is 0 Å². The van der Waals surface area contributed by atoms with E-state index in [2.05, 4.69) is 10.3 Å². The Balaban J connectivity index is 1.73. The van der Waals surface area contributed by atoms with E-state index in [1.165, 1.54) is 24.3 Å². The molecule has 27 heavy (non-hydrogen) atoms. The zero-order valence-electron chi connectivity index (χ0n) is 13.9. The fourth-order valence-corrected chi connectivity index (χ4v) is 2.33. The topological polar surface area (TPSA) is 141 Å². The number of nitrogens with two attached hydrogens (primary N) is 1. The quantitative estimate of drug-likeness (QED) is 0.308. The van der Waals surface area contributed by atoms with Crippen molar-refractivity contribution in [1.82, 2.24) is 9.97 Å². The first-order valence-corrected chi connectivity index (χ1v) is 7.83. The van der Waals surface area contributed by atoms with Crippen LogP contribution in [0.5, 0.6) is 0 Å². The van der Waals surface area contributed by atoms with Gasteiger partial charge in [-0.25, -0.2) is 15.6 Å². The molecule has 0 saturated heterocycles. The van der Waals surface area contributed by atoms with Crippen molar-refractivity contribution in [3.05, 3.63) is 92.8 Å². The maximum atomic E-state index is 12.4. The summed E-state index contributed by atoms with van der Waals surface area (Å²) < 4.78 is 0. The second-order valence-electron chi connectivity index (χ2n) is 5.54. The first kappa shape index (κ1) is 17.8. The monoisotopic (exact) mass is 365 g/mol. The second kappa shape index (κ2) is 7.50. The predicted molar refractivity (Wildman–Crippen MR) is 99.5 cm³/mol. The summed E-state index contributed by atoms with van der Waals surface area (Å²) in [6, 6.07) is 15.7. The van der Waals surface area contributed by atoms with Crippen LogP contribution in [0.25, 0.3) is 0 Å². The molecule has 1 heterocycles. The van der Waals surface area contributed by atoms with E-state index in [1.54, 1.807) is 24.3 Å². The van der Waals surface area contributed by atoms with Crippen molar-refractivity contribution in [3.63, 3.8) is 0 Å². The van der Waals surface area contributed by atoms with Gasteiger partial charge >= 0.3 is 5.69 Å². The number of hydrogen-bond donors (Lipinski definition) is 4. The van der Waals surface area contributed by atoms with Crippen LogP contribution in [0, 0.1) is 0 Å². The van der Waals surface area contributed by atoms with Gasteiger partial charge < -0.3 is 10.3 Å². The smallest absolute Gasteiger partial charge is 0.321 e. The Labute approximate surface area is 152 Å². The van der Waals surface area contributed by atoms with Crippen LogP contribution in [0.4, 0.5) is 11.4 Å². The molecule has 3 aromatic rings. The normalized spacial score (nSPS) is 10.3. The van der Waals surface area contributed by atoms with E-state index in [4.69, 9.17) is 5.84 Å². The van der Waals surface area contributed by atoms with Crippen LogP contribution < -0.4 is 27.4 Å². The Kier molecular flexibility index (Phi) is 4.95. The summed E-state index contributed by atoms with van der Waals surface area (Å²) >= 11 is 0. The van der Waals surface area contributed by atoms with Crippen LogP contribution >= 0.6 is 0 Å². The molecule has 9 nitrogen and oxygen atoms in total. The fraction of sp³-hybridized carbons (Fsp3) is 0. The lowest BCUT2D eigenvalue weighted by Gasteiger charge is -2.16. The van der Waals surface area contributed by atoms with Gasteiger partial charge in [-0.3, -0.25) is 19.4 Å². The number of aromatic nitrogens is 2. The van der Waals surface area contributed by atoms with Gasteiger partial charge in [0.2, 0.25) is 0 Å². The van der Waals surface area contributed by atoms with E-state index < -0.39 is 23.1 Å². The Bertz CT molecular complexity index is 1060. The van der Waals surface area contributed by atoms with Gasteiger partial charge in [0.05, 0.1) is 5.69 Å². The molecular weight excluding hydrogens is 350 g/mol. The highest BCUT2D eigenvalue weighted by Gasteiger charge is 2.14. The van der Waals surface area contributed by atoms with Crippen LogP contribution in [0.1, 0.15) is 20.8 Å². The Hall–Kier alpha value is -3.98. The van der Waals surface area contributed by atoms with Crippen molar-refractivity contribution in [2.45, 2.75) is 0 Å². The van der Waals surface area contributed by atoms with Crippen LogP contribution in [0.15, 0.2) is 70.3 Å². The van der Waals surface area contributed by atoms with Crippen molar-refractivity contribution >= 4 is 23.2 Å². The van der Waals surface area contributed by atoms with E-state index in [-0.39, 0.29) is 5.69 Å². The molecule has 5 N–H and O–H groups in total. The lowest BCUT2D eigenvalue weighted by molar-refractivity contribution is 0.0985. The number of H-pyrrole nitrogens is 2. The maximum Gasteiger partial charge on any atom is 0.326 e. The molecule has 0 atom stereocenters. The number of para-hydroxylation sites is 1. The third-order valence-corrected chi connectivity index (χ3v) is 3.65. The summed E-state index contributed by atoms with van der Waals surface area (Å²) in [6.45, 7) is 0. The van der Waals surface area contributed by atoms with Crippen LogP contribution in [-0.4, -0.2) is 21.8 Å². The maximum absolute atomic E-state index is 12.4. The van der Waals surface area contributed by atoms with E-state index in [9.17, 15) is 19.2 Å². The molecular formula is C18H15N5O4. The number of aromatic amines is 2. The first-order chi connectivity index (χ1) is 12.9. The molecule has 0 saturated carbocycles. The molecule has 1 aromatic heterocycles. The molecule has 3 rings (SSSR count). The number of amides is 2.